The molecule has 1 N–H and O–H groups in total. The fraction of sp³-hybridized carbons (Fsp3) is 0.407. The van der Waals surface area contributed by atoms with Gasteiger partial charge in [0.15, 0.2) is 9.84 Å². The van der Waals surface area contributed by atoms with Gasteiger partial charge in [-0.05, 0) is 83.7 Å². The fourth-order valence-electron chi connectivity index (χ4n) is 4.95. The first kappa shape index (κ1) is 22.8. The lowest BCUT2D eigenvalue weighted by molar-refractivity contribution is 0.118. The van der Waals surface area contributed by atoms with Crippen molar-refractivity contribution in [2.45, 2.75) is 51.9 Å². The number of hydrogen-bond acceptors (Lipinski definition) is 4. The van der Waals surface area contributed by atoms with Crippen molar-refractivity contribution in [3.8, 4) is 5.75 Å². The Morgan fingerprint density at radius 2 is 1.81 bits per heavy atom. The number of ether oxygens (including phenoxy) is 1. The zero-order valence-corrected chi connectivity index (χ0v) is 20.1. The molecule has 0 bridgehead atoms. The summed E-state index contributed by atoms with van der Waals surface area (Å²) in [4.78, 5) is 0. The highest BCUT2D eigenvalue weighted by atomic mass is 32.2. The van der Waals surface area contributed by atoms with Gasteiger partial charge in [-0.25, -0.2) is 8.42 Å². The summed E-state index contributed by atoms with van der Waals surface area (Å²) in [6.07, 6.45) is 3.54. The van der Waals surface area contributed by atoms with Crippen molar-refractivity contribution < 1.29 is 18.3 Å². The third-order valence-corrected chi connectivity index (χ3v) is 8.65. The Morgan fingerprint density at radius 1 is 1.16 bits per heavy atom. The molecular formula is C27H32O4S. The second kappa shape index (κ2) is 8.87. The van der Waals surface area contributed by atoms with Crippen LogP contribution in [0.2, 0.25) is 0 Å². The minimum Gasteiger partial charge on any atom is -0.507 e. The van der Waals surface area contributed by atoms with Crippen LogP contribution in [0.5, 0.6) is 5.75 Å². The summed E-state index contributed by atoms with van der Waals surface area (Å²) in [5.41, 5.74) is 7.14. The van der Waals surface area contributed by atoms with Crippen LogP contribution in [0.25, 0.3) is 11.6 Å². The van der Waals surface area contributed by atoms with Crippen LogP contribution in [0.15, 0.2) is 53.6 Å². The van der Waals surface area contributed by atoms with Crippen LogP contribution in [0, 0.1) is 19.8 Å². The monoisotopic (exact) mass is 452 g/mol. The molecule has 0 amide bonds. The summed E-state index contributed by atoms with van der Waals surface area (Å²) in [6, 6.07) is 14.3. The van der Waals surface area contributed by atoms with Gasteiger partial charge in [0, 0.05) is 0 Å². The molecule has 0 spiro atoms. The van der Waals surface area contributed by atoms with E-state index in [1.54, 1.807) is 0 Å². The zero-order valence-electron chi connectivity index (χ0n) is 19.3. The molecule has 1 saturated heterocycles. The molecule has 170 valence electrons. The van der Waals surface area contributed by atoms with Gasteiger partial charge in [-0.2, -0.15) is 0 Å². The molecule has 0 unspecified atom stereocenters. The Balaban J connectivity index is 1.64. The predicted octanol–water partition coefficient (Wildman–Crippen LogP) is 5.48. The fourth-order valence-corrected chi connectivity index (χ4v) is 7.06. The molecule has 2 aromatic rings. The molecule has 2 atom stereocenters. The van der Waals surface area contributed by atoms with Gasteiger partial charge in [-0.15, -0.1) is 0 Å². The van der Waals surface area contributed by atoms with Crippen LogP contribution >= 0.6 is 0 Å². The molecular weight excluding hydrogens is 420 g/mol. The van der Waals surface area contributed by atoms with Gasteiger partial charge in [-0.3, -0.25) is 0 Å². The highest BCUT2D eigenvalue weighted by Gasteiger charge is 2.47. The van der Waals surface area contributed by atoms with Crippen LogP contribution in [0.1, 0.15) is 48.9 Å². The van der Waals surface area contributed by atoms with Crippen molar-refractivity contribution in [1.29, 1.82) is 0 Å². The lowest BCUT2D eigenvalue weighted by Gasteiger charge is -2.17. The number of hydrogen-bond donors (Lipinski definition) is 1. The van der Waals surface area contributed by atoms with Crippen LogP contribution in [-0.4, -0.2) is 37.2 Å². The molecule has 4 rings (SSSR count). The molecule has 2 aliphatic heterocycles. The third kappa shape index (κ3) is 4.41. The van der Waals surface area contributed by atoms with Crippen LogP contribution in [0.3, 0.4) is 0 Å². The number of allylic oxidation sites excluding steroid dienone is 1. The summed E-state index contributed by atoms with van der Waals surface area (Å²) < 4.78 is 31.3. The minimum atomic E-state index is -3.14. The summed E-state index contributed by atoms with van der Waals surface area (Å²) in [6.45, 7) is 8.24. The second-order valence-corrected chi connectivity index (χ2v) is 11.5. The lowest BCUT2D eigenvalue weighted by atomic mass is 9.90. The first-order valence-corrected chi connectivity index (χ1v) is 13.0. The third-order valence-electron chi connectivity index (χ3n) is 6.68. The van der Waals surface area contributed by atoms with Crippen molar-refractivity contribution in [3.05, 3.63) is 75.9 Å². The molecule has 4 nitrogen and oxygen atoms in total. The Kier molecular flexibility index (Phi) is 6.33. The van der Waals surface area contributed by atoms with E-state index in [1.165, 1.54) is 5.57 Å². The highest BCUT2D eigenvalue weighted by molar-refractivity contribution is 7.92. The number of aromatic hydroxyl groups is 1. The smallest absolute Gasteiger partial charge is 0.163 e. The molecule has 5 heteroatoms. The molecule has 0 aliphatic carbocycles. The number of fused-ring (bicyclic) bond motifs is 1. The topological polar surface area (TPSA) is 63.6 Å². The van der Waals surface area contributed by atoms with E-state index < -0.39 is 15.1 Å². The van der Waals surface area contributed by atoms with Crippen LogP contribution in [-0.2, 0) is 14.6 Å². The van der Waals surface area contributed by atoms with E-state index >= 15 is 0 Å². The van der Waals surface area contributed by atoms with Crippen molar-refractivity contribution >= 4 is 21.5 Å². The van der Waals surface area contributed by atoms with E-state index in [0.717, 1.165) is 46.2 Å². The van der Waals surface area contributed by atoms with E-state index in [1.807, 2.05) is 44.2 Å². The average molecular weight is 453 g/mol. The first-order chi connectivity index (χ1) is 15.2. The normalized spacial score (nSPS) is 22.6. The number of phenols is 1. The van der Waals surface area contributed by atoms with Crippen LogP contribution in [0.4, 0.5) is 0 Å². The summed E-state index contributed by atoms with van der Waals surface area (Å²) >= 11 is 0. The molecule has 0 aromatic heterocycles. The molecule has 0 saturated carbocycles. The van der Waals surface area contributed by atoms with E-state index in [-0.39, 0.29) is 24.4 Å². The Labute approximate surface area is 191 Å². The minimum absolute atomic E-state index is 0.148. The van der Waals surface area contributed by atoms with Gasteiger partial charge in [0.05, 0.1) is 18.5 Å². The van der Waals surface area contributed by atoms with Crippen molar-refractivity contribution in [1.82, 2.24) is 0 Å². The summed E-state index contributed by atoms with van der Waals surface area (Å²) in [5.74, 6) is 0.725. The highest BCUT2D eigenvalue weighted by Crippen LogP contribution is 2.41. The number of aryl methyl sites for hydroxylation is 2. The Bertz CT molecular complexity index is 1150. The van der Waals surface area contributed by atoms with Gasteiger partial charge in [-0.1, -0.05) is 50.3 Å². The number of rotatable bonds is 6. The number of sulfone groups is 1. The summed E-state index contributed by atoms with van der Waals surface area (Å²) in [5, 5.41) is 9.67. The van der Waals surface area contributed by atoms with Gasteiger partial charge in [0.25, 0.3) is 0 Å². The van der Waals surface area contributed by atoms with Gasteiger partial charge >= 0.3 is 0 Å². The zero-order chi connectivity index (χ0) is 23.0. The second-order valence-electron chi connectivity index (χ2n) is 9.33. The van der Waals surface area contributed by atoms with E-state index in [2.05, 4.69) is 32.1 Å². The molecule has 2 aliphatic rings. The van der Waals surface area contributed by atoms with Crippen molar-refractivity contribution in [2.75, 3.05) is 12.4 Å². The van der Waals surface area contributed by atoms with Gasteiger partial charge < -0.3 is 9.84 Å². The van der Waals surface area contributed by atoms with E-state index in [4.69, 9.17) is 4.74 Å². The maximum absolute atomic E-state index is 12.6. The molecule has 32 heavy (non-hydrogen) atoms. The predicted molar refractivity (Wildman–Crippen MR) is 130 cm³/mol. The molecule has 2 aromatic carbocycles. The molecule has 0 radical (unpaired) electrons. The maximum Gasteiger partial charge on any atom is 0.163 e. The first-order valence-electron chi connectivity index (χ1n) is 11.3. The Hall–Kier alpha value is -2.37. The van der Waals surface area contributed by atoms with Crippen LogP contribution < -0.4 is 0 Å². The molecule has 2 heterocycles. The van der Waals surface area contributed by atoms with Crippen molar-refractivity contribution in [2.24, 2.45) is 5.92 Å². The molecule has 1 fully saturated rings. The SMILES string of the molecule is Cc1cc(/C=C(/CC[C@H]2OC[C@H]3C2=C(C(C)C)CS3(=O)=O)c2ccccc2)cc(C)c1O. The summed E-state index contributed by atoms with van der Waals surface area (Å²) in [7, 11) is -3.14. The van der Waals surface area contributed by atoms with Gasteiger partial charge in [0.1, 0.15) is 11.0 Å². The largest absolute Gasteiger partial charge is 0.507 e. The average Bonchev–Trinajstić information content (AvgIpc) is 3.29. The number of phenolic OH excluding ortho intramolecular Hbond substituents is 1. The van der Waals surface area contributed by atoms with E-state index in [9.17, 15) is 13.5 Å². The maximum atomic E-state index is 12.6. The van der Waals surface area contributed by atoms with E-state index in [0.29, 0.717) is 5.75 Å². The quantitative estimate of drug-likeness (QED) is 0.466. The standard InChI is InChI=1S/C27H32O4S/c1-17(2)23-16-32(29,30)25-15-31-24(26(23)25)11-10-22(21-8-6-5-7-9-21)14-20-12-18(3)27(28)19(4)13-20/h5-9,12-14,17,24-25,28H,10-11,15-16H2,1-4H3/b22-14-/t24-,25+/m1/s1. The van der Waals surface area contributed by atoms with Gasteiger partial charge in [0.2, 0.25) is 0 Å². The van der Waals surface area contributed by atoms with Crippen molar-refractivity contribution in [3.63, 3.8) is 0 Å². The lowest BCUT2D eigenvalue weighted by Crippen LogP contribution is -2.19. The number of benzene rings is 2. The Morgan fingerprint density at radius 3 is 2.44 bits per heavy atom.